The Morgan fingerprint density at radius 3 is 2.56 bits per heavy atom. The van der Waals surface area contributed by atoms with Gasteiger partial charge < -0.3 is 11.1 Å². The predicted molar refractivity (Wildman–Crippen MR) is 64.0 cm³/mol. The van der Waals surface area contributed by atoms with Crippen LogP contribution in [-0.4, -0.2) is 23.5 Å². The molecule has 1 heterocycles. The lowest BCUT2D eigenvalue weighted by Crippen LogP contribution is -2.39. The normalized spacial score (nSPS) is 12.5. The molecule has 0 bridgehead atoms. The summed E-state index contributed by atoms with van der Waals surface area (Å²) < 4.78 is 0. The number of amides is 1. The zero-order chi connectivity index (χ0) is 12.0. The number of nitrogens with two attached hydrogens (primary N) is 1. The fraction of sp³-hybridized carbons (Fsp3) is 0.500. The topological polar surface area (TPSA) is 68.0 Å². The molecular formula is C12H19N3O. The predicted octanol–water partition coefficient (Wildman–Crippen LogP) is 1.18. The number of carbonyl (C=O) groups excluding carboxylic acids is 1. The molecule has 1 atom stereocenters. The highest BCUT2D eigenvalue weighted by molar-refractivity contribution is 5.94. The zero-order valence-electron chi connectivity index (χ0n) is 9.81. The van der Waals surface area contributed by atoms with E-state index in [1.54, 1.807) is 24.5 Å². The van der Waals surface area contributed by atoms with Crippen molar-refractivity contribution in [3.8, 4) is 0 Å². The molecule has 88 valence electrons. The molecule has 1 aromatic heterocycles. The van der Waals surface area contributed by atoms with E-state index in [1.165, 1.54) is 0 Å². The molecule has 0 saturated heterocycles. The summed E-state index contributed by atoms with van der Waals surface area (Å²) in [5, 5.41) is 2.99. The number of pyridine rings is 1. The van der Waals surface area contributed by atoms with Crippen LogP contribution in [0.5, 0.6) is 0 Å². The molecule has 0 aliphatic rings. The number of nitrogens with one attached hydrogen (secondary N) is 1. The molecule has 0 fully saturated rings. The van der Waals surface area contributed by atoms with Crippen LogP contribution in [0.1, 0.15) is 30.6 Å². The van der Waals surface area contributed by atoms with Crippen molar-refractivity contribution >= 4 is 5.91 Å². The number of aromatic nitrogens is 1. The molecule has 0 spiro atoms. The van der Waals surface area contributed by atoms with Gasteiger partial charge in [-0.25, -0.2) is 0 Å². The molecule has 0 aromatic carbocycles. The number of carbonyl (C=O) groups is 1. The number of rotatable bonds is 5. The van der Waals surface area contributed by atoms with Gasteiger partial charge in [0.2, 0.25) is 0 Å². The summed E-state index contributed by atoms with van der Waals surface area (Å²) in [7, 11) is 0. The Bertz CT molecular complexity index is 324. The Morgan fingerprint density at radius 1 is 1.44 bits per heavy atom. The second-order valence-corrected chi connectivity index (χ2v) is 4.14. The first-order valence-electron chi connectivity index (χ1n) is 5.56. The number of hydrogen-bond acceptors (Lipinski definition) is 3. The van der Waals surface area contributed by atoms with Crippen molar-refractivity contribution in [2.75, 3.05) is 6.54 Å². The summed E-state index contributed by atoms with van der Waals surface area (Å²) >= 11 is 0. The quantitative estimate of drug-likeness (QED) is 0.784. The Labute approximate surface area is 96.3 Å². The Hall–Kier alpha value is -1.42. The highest BCUT2D eigenvalue weighted by atomic mass is 16.1. The average Bonchev–Trinajstić information content (AvgIpc) is 2.29. The lowest BCUT2D eigenvalue weighted by molar-refractivity contribution is 0.0924. The van der Waals surface area contributed by atoms with Crippen molar-refractivity contribution in [2.45, 2.75) is 26.3 Å². The van der Waals surface area contributed by atoms with Crippen LogP contribution in [0.25, 0.3) is 0 Å². The molecule has 3 N–H and O–H groups in total. The van der Waals surface area contributed by atoms with E-state index in [0.717, 1.165) is 6.42 Å². The molecule has 1 rings (SSSR count). The molecule has 16 heavy (non-hydrogen) atoms. The molecule has 0 aliphatic heterocycles. The minimum Gasteiger partial charge on any atom is -0.349 e. The summed E-state index contributed by atoms with van der Waals surface area (Å²) in [6.07, 6.45) is 4.03. The molecule has 0 saturated carbocycles. The van der Waals surface area contributed by atoms with Gasteiger partial charge in [0.05, 0.1) is 0 Å². The van der Waals surface area contributed by atoms with Crippen molar-refractivity contribution in [2.24, 2.45) is 11.7 Å². The zero-order valence-corrected chi connectivity index (χ0v) is 9.81. The van der Waals surface area contributed by atoms with Crippen LogP contribution in [-0.2, 0) is 0 Å². The van der Waals surface area contributed by atoms with Gasteiger partial charge in [-0.15, -0.1) is 0 Å². The van der Waals surface area contributed by atoms with Crippen molar-refractivity contribution in [3.63, 3.8) is 0 Å². The smallest absolute Gasteiger partial charge is 0.251 e. The van der Waals surface area contributed by atoms with Gasteiger partial charge in [0, 0.05) is 24.0 Å². The second kappa shape index (κ2) is 6.23. The van der Waals surface area contributed by atoms with E-state index >= 15 is 0 Å². The van der Waals surface area contributed by atoms with Gasteiger partial charge >= 0.3 is 0 Å². The summed E-state index contributed by atoms with van der Waals surface area (Å²) in [5.74, 6) is 0.323. The number of hydrogen-bond donors (Lipinski definition) is 2. The van der Waals surface area contributed by atoms with E-state index in [0.29, 0.717) is 18.0 Å². The molecule has 1 amide bonds. The Kier molecular flexibility index (Phi) is 4.92. The van der Waals surface area contributed by atoms with Gasteiger partial charge in [-0.3, -0.25) is 9.78 Å². The monoisotopic (exact) mass is 221 g/mol. The maximum Gasteiger partial charge on any atom is 0.251 e. The van der Waals surface area contributed by atoms with E-state index in [2.05, 4.69) is 24.1 Å². The maximum atomic E-state index is 11.9. The van der Waals surface area contributed by atoms with Crippen LogP contribution in [0.15, 0.2) is 24.5 Å². The fourth-order valence-corrected chi connectivity index (χ4v) is 1.51. The van der Waals surface area contributed by atoms with Crippen LogP contribution in [0.4, 0.5) is 0 Å². The highest BCUT2D eigenvalue weighted by Crippen LogP contribution is 2.06. The summed E-state index contributed by atoms with van der Waals surface area (Å²) in [5.41, 5.74) is 6.16. The Morgan fingerprint density at radius 2 is 2.06 bits per heavy atom. The van der Waals surface area contributed by atoms with Crippen molar-refractivity contribution in [1.29, 1.82) is 0 Å². The van der Waals surface area contributed by atoms with Crippen molar-refractivity contribution in [3.05, 3.63) is 30.1 Å². The standard InChI is InChI=1S/C12H19N3O/c1-9(2)11(3-6-13)15-12(16)10-4-7-14-8-5-10/h4-5,7-9,11H,3,6,13H2,1-2H3,(H,15,16). The van der Waals surface area contributed by atoms with Gasteiger partial charge in [0.15, 0.2) is 0 Å². The van der Waals surface area contributed by atoms with Crippen molar-refractivity contribution < 1.29 is 4.79 Å². The molecule has 0 aliphatic carbocycles. The van der Waals surface area contributed by atoms with E-state index < -0.39 is 0 Å². The lowest BCUT2D eigenvalue weighted by atomic mass is 10.0. The van der Waals surface area contributed by atoms with Crippen molar-refractivity contribution in [1.82, 2.24) is 10.3 Å². The first-order chi connectivity index (χ1) is 7.65. The third kappa shape index (κ3) is 3.62. The SMILES string of the molecule is CC(C)C(CCN)NC(=O)c1ccncc1. The highest BCUT2D eigenvalue weighted by Gasteiger charge is 2.15. The Balaban J connectivity index is 2.62. The van der Waals surface area contributed by atoms with Gasteiger partial charge in [-0.2, -0.15) is 0 Å². The minimum absolute atomic E-state index is 0.0606. The number of nitrogens with zero attached hydrogens (tertiary/aromatic N) is 1. The summed E-state index contributed by atoms with van der Waals surface area (Å²) in [6.45, 7) is 4.74. The van der Waals surface area contributed by atoms with Crippen LogP contribution in [0.3, 0.4) is 0 Å². The maximum absolute atomic E-state index is 11.9. The second-order valence-electron chi connectivity index (χ2n) is 4.14. The molecule has 0 radical (unpaired) electrons. The average molecular weight is 221 g/mol. The van der Waals surface area contributed by atoms with E-state index in [4.69, 9.17) is 5.73 Å². The first-order valence-corrected chi connectivity index (χ1v) is 5.56. The largest absolute Gasteiger partial charge is 0.349 e. The van der Waals surface area contributed by atoms with E-state index in [9.17, 15) is 4.79 Å². The molecule has 4 heteroatoms. The molecule has 4 nitrogen and oxygen atoms in total. The van der Waals surface area contributed by atoms with Crippen LogP contribution >= 0.6 is 0 Å². The van der Waals surface area contributed by atoms with Crippen LogP contribution in [0, 0.1) is 5.92 Å². The summed E-state index contributed by atoms with van der Waals surface area (Å²) in [6, 6.07) is 3.54. The van der Waals surface area contributed by atoms with Crippen LogP contribution < -0.4 is 11.1 Å². The first kappa shape index (κ1) is 12.6. The van der Waals surface area contributed by atoms with Crippen LogP contribution in [0.2, 0.25) is 0 Å². The third-order valence-corrected chi connectivity index (χ3v) is 2.54. The molecule has 1 unspecified atom stereocenters. The molecular weight excluding hydrogens is 202 g/mol. The van der Waals surface area contributed by atoms with Gasteiger partial charge in [0.1, 0.15) is 0 Å². The summed E-state index contributed by atoms with van der Waals surface area (Å²) in [4.78, 5) is 15.7. The van der Waals surface area contributed by atoms with Gasteiger partial charge in [-0.05, 0) is 31.0 Å². The minimum atomic E-state index is -0.0606. The third-order valence-electron chi connectivity index (χ3n) is 2.54. The van der Waals surface area contributed by atoms with E-state index in [-0.39, 0.29) is 11.9 Å². The molecule has 1 aromatic rings. The van der Waals surface area contributed by atoms with Gasteiger partial charge in [-0.1, -0.05) is 13.8 Å². The van der Waals surface area contributed by atoms with Gasteiger partial charge in [0.25, 0.3) is 5.91 Å². The lowest BCUT2D eigenvalue weighted by Gasteiger charge is -2.21. The van der Waals surface area contributed by atoms with E-state index in [1.807, 2.05) is 0 Å². The fourth-order valence-electron chi connectivity index (χ4n) is 1.51.